The molecule has 0 aromatic carbocycles. The predicted molar refractivity (Wildman–Crippen MR) is 88.8 cm³/mol. The van der Waals surface area contributed by atoms with Gasteiger partial charge in [-0.05, 0) is 11.4 Å². The fourth-order valence-electron chi connectivity index (χ4n) is 2.32. The van der Waals surface area contributed by atoms with Crippen LogP contribution in [0.2, 0.25) is 0 Å². The van der Waals surface area contributed by atoms with E-state index in [1.807, 2.05) is 0 Å². The van der Waals surface area contributed by atoms with Crippen LogP contribution in [0.25, 0.3) is 10.2 Å². The van der Waals surface area contributed by atoms with Crippen LogP contribution in [0, 0.1) is 0 Å². The maximum Gasteiger partial charge on any atom is 0.328 e. The van der Waals surface area contributed by atoms with Crippen molar-refractivity contribution in [2.75, 3.05) is 13.7 Å². The summed E-state index contributed by atoms with van der Waals surface area (Å²) in [6.45, 7) is 0.188. The van der Waals surface area contributed by atoms with E-state index in [9.17, 15) is 14.4 Å². The van der Waals surface area contributed by atoms with E-state index in [0.29, 0.717) is 10.2 Å². The molecule has 0 aliphatic heterocycles. The minimum absolute atomic E-state index is 0.0658. The smallest absolute Gasteiger partial charge is 0.328 e. The van der Waals surface area contributed by atoms with Gasteiger partial charge in [0, 0.05) is 26.3 Å². The number of hydrogen-bond acceptors (Lipinski definition) is 6. The fourth-order valence-corrected chi connectivity index (χ4v) is 3.12. The molecular weight excluding hydrogens is 334 g/mol. The average Bonchev–Trinajstić information content (AvgIpc) is 3.16. The molecule has 10 heteroatoms. The Hall–Kier alpha value is -2.88. The van der Waals surface area contributed by atoms with E-state index in [1.165, 1.54) is 29.3 Å². The van der Waals surface area contributed by atoms with Gasteiger partial charge < -0.3 is 15.0 Å². The summed E-state index contributed by atoms with van der Waals surface area (Å²) in [6, 6.07) is 1.68. The average molecular weight is 349 g/mol. The second-order valence-corrected chi connectivity index (χ2v) is 5.95. The molecule has 126 valence electrons. The number of nitrogens with zero attached hydrogens (tertiary/aromatic N) is 3. The highest BCUT2D eigenvalue weighted by atomic mass is 32.1. The van der Waals surface area contributed by atoms with Gasteiger partial charge in [0.05, 0.1) is 12.6 Å². The highest BCUT2D eigenvalue weighted by Gasteiger charge is 2.16. The highest BCUT2D eigenvalue weighted by Crippen LogP contribution is 2.14. The molecule has 3 aromatic rings. The minimum atomic E-state index is -0.501. The topological polar surface area (TPSA) is 111 Å². The standard InChI is InChI=1S/C14H15N5O4S/c1-18-7-8(12(17-18)23-2)11(20)15-4-5-19-13(21)10-9(3-6-24-10)16-14(19)22/h3,6-7H,4-5H2,1-2H3,(H,15,20)(H,16,22). The van der Waals surface area contributed by atoms with Gasteiger partial charge in [0.15, 0.2) is 0 Å². The Morgan fingerprint density at radius 3 is 3.00 bits per heavy atom. The van der Waals surface area contributed by atoms with Crippen LogP contribution in [0.4, 0.5) is 0 Å². The van der Waals surface area contributed by atoms with E-state index in [4.69, 9.17) is 4.74 Å². The van der Waals surface area contributed by atoms with Crippen molar-refractivity contribution in [2.45, 2.75) is 6.54 Å². The first-order chi connectivity index (χ1) is 11.5. The van der Waals surface area contributed by atoms with Crippen LogP contribution in [-0.2, 0) is 13.6 Å². The summed E-state index contributed by atoms with van der Waals surface area (Å²) in [5.74, 6) is -0.174. The van der Waals surface area contributed by atoms with Gasteiger partial charge in [0.2, 0.25) is 5.88 Å². The maximum absolute atomic E-state index is 12.3. The molecule has 2 N–H and O–H groups in total. The number of aromatic amines is 1. The van der Waals surface area contributed by atoms with E-state index in [2.05, 4.69) is 15.4 Å². The number of ether oxygens (including phenoxy) is 1. The second kappa shape index (κ2) is 6.32. The molecule has 3 rings (SSSR count). The van der Waals surface area contributed by atoms with Crippen molar-refractivity contribution in [3.05, 3.63) is 44.0 Å². The zero-order chi connectivity index (χ0) is 17.3. The van der Waals surface area contributed by atoms with Crippen molar-refractivity contribution >= 4 is 27.5 Å². The van der Waals surface area contributed by atoms with Gasteiger partial charge in [-0.15, -0.1) is 16.4 Å². The molecule has 0 aliphatic rings. The van der Waals surface area contributed by atoms with E-state index in [1.54, 1.807) is 18.5 Å². The minimum Gasteiger partial charge on any atom is -0.479 e. The van der Waals surface area contributed by atoms with E-state index in [0.717, 1.165) is 4.57 Å². The molecule has 3 aromatic heterocycles. The molecule has 0 atom stereocenters. The summed E-state index contributed by atoms with van der Waals surface area (Å²) in [5.41, 5.74) is -0.0542. The summed E-state index contributed by atoms with van der Waals surface area (Å²) in [4.78, 5) is 39.0. The molecule has 0 bridgehead atoms. The van der Waals surface area contributed by atoms with Crippen LogP contribution in [0.3, 0.4) is 0 Å². The van der Waals surface area contributed by atoms with E-state index >= 15 is 0 Å². The van der Waals surface area contributed by atoms with Crippen LogP contribution in [0.15, 0.2) is 27.2 Å². The molecule has 24 heavy (non-hydrogen) atoms. The number of rotatable bonds is 5. The molecule has 0 unspecified atom stereocenters. The summed E-state index contributed by atoms with van der Waals surface area (Å²) in [5, 5.41) is 8.39. The lowest BCUT2D eigenvalue weighted by atomic mass is 10.3. The molecule has 0 fully saturated rings. The lowest BCUT2D eigenvalue weighted by Crippen LogP contribution is -2.38. The van der Waals surface area contributed by atoms with Crippen LogP contribution in [0.1, 0.15) is 10.4 Å². The van der Waals surface area contributed by atoms with Gasteiger partial charge in [-0.25, -0.2) is 4.79 Å². The Kier molecular flexibility index (Phi) is 4.21. The zero-order valence-electron chi connectivity index (χ0n) is 13.0. The number of fused-ring (bicyclic) bond motifs is 1. The highest BCUT2D eigenvalue weighted by molar-refractivity contribution is 7.17. The summed E-state index contributed by atoms with van der Waals surface area (Å²) < 4.78 is 8.04. The molecule has 1 amide bonds. The van der Waals surface area contributed by atoms with Gasteiger partial charge >= 0.3 is 5.69 Å². The third-order valence-corrected chi connectivity index (χ3v) is 4.35. The third-order valence-electron chi connectivity index (χ3n) is 3.45. The van der Waals surface area contributed by atoms with Crippen LogP contribution >= 0.6 is 11.3 Å². The van der Waals surface area contributed by atoms with E-state index in [-0.39, 0.29) is 36.0 Å². The molecular formula is C14H15N5O4S. The summed E-state index contributed by atoms with van der Waals surface area (Å²) in [7, 11) is 3.10. The molecule has 0 saturated heterocycles. The quantitative estimate of drug-likeness (QED) is 0.669. The molecule has 9 nitrogen and oxygen atoms in total. The first-order valence-corrected chi connectivity index (χ1v) is 7.95. The fraction of sp³-hybridized carbons (Fsp3) is 0.286. The van der Waals surface area contributed by atoms with Gasteiger partial charge in [0.25, 0.3) is 11.5 Å². The molecule has 3 heterocycles. The summed E-state index contributed by atoms with van der Waals surface area (Å²) >= 11 is 1.26. The number of carbonyl (C=O) groups is 1. The Labute approximate surface area is 139 Å². The van der Waals surface area contributed by atoms with E-state index < -0.39 is 5.69 Å². The van der Waals surface area contributed by atoms with Crippen molar-refractivity contribution in [2.24, 2.45) is 7.05 Å². The van der Waals surface area contributed by atoms with Crippen molar-refractivity contribution < 1.29 is 9.53 Å². The molecule has 0 spiro atoms. The Morgan fingerprint density at radius 2 is 2.25 bits per heavy atom. The lowest BCUT2D eigenvalue weighted by Gasteiger charge is -2.06. The molecule has 0 saturated carbocycles. The number of aryl methyl sites for hydroxylation is 1. The monoisotopic (exact) mass is 349 g/mol. The van der Waals surface area contributed by atoms with Crippen LogP contribution in [-0.4, -0.2) is 38.9 Å². The van der Waals surface area contributed by atoms with Gasteiger partial charge in [-0.3, -0.25) is 18.8 Å². The van der Waals surface area contributed by atoms with Crippen molar-refractivity contribution in [3.8, 4) is 5.88 Å². The predicted octanol–water partition coefficient (Wildman–Crippen LogP) is -0.0766. The summed E-state index contributed by atoms with van der Waals surface area (Å²) in [6.07, 6.45) is 1.53. The number of H-pyrrole nitrogens is 1. The number of amides is 1. The van der Waals surface area contributed by atoms with Crippen LogP contribution < -0.4 is 21.3 Å². The lowest BCUT2D eigenvalue weighted by molar-refractivity contribution is 0.0949. The first-order valence-electron chi connectivity index (χ1n) is 7.07. The Bertz CT molecular complexity index is 1010. The zero-order valence-corrected chi connectivity index (χ0v) is 13.8. The number of nitrogens with one attached hydrogen (secondary N) is 2. The maximum atomic E-state index is 12.3. The van der Waals surface area contributed by atoms with Gasteiger partial charge in [0.1, 0.15) is 10.3 Å². The Balaban J connectivity index is 1.74. The van der Waals surface area contributed by atoms with Gasteiger partial charge in [-0.2, -0.15) is 0 Å². The number of aromatic nitrogens is 4. The van der Waals surface area contributed by atoms with Gasteiger partial charge in [-0.1, -0.05) is 0 Å². The number of methoxy groups -OCH3 is 1. The second-order valence-electron chi connectivity index (χ2n) is 5.03. The normalized spacial score (nSPS) is 10.9. The SMILES string of the molecule is COc1nn(C)cc1C(=O)NCCn1c(=O)[nH]c2ccsc2c1=O. The molecule has 0 aliphatic carbocycles. The molecule has 0 radical (unpaired) electrons. The largest absolute Gasteiger partial charge is 0.479 e. The van der Waals surface area contributed by atoms with Crippen molar-refractivity contribution in [1.82, 2.24) is 24.6 Å². The number of carbonyl (C=O) groups excluding carboxylic acids is 1. The number of thiophene rings is 1. The number of hydrogen-bond donors (Lipinski definition) is 2. The Morgan fingerprint density at radius 1 is 1.46 bits per heavy atom. The van der Waals surface area contributed by atoms with Crippen LogP contribution in [0.5, 0.6) is 5.88 Å². The van der Waals surface area contributed by atoms with Crippen molar-refractivity contribution in [1.29, 1.82) is 0 Å². The first kappa shape index (κ1) is 16.0. The third kappa shape index (κ3) is 2.83. The van der Waals surface area contributed by atoms with Crippen molar-refractivity contribution in [3.63, 3.8) is 0 Å².